The number of pyridine rings is 1. The summed E-state index contributed by atoms with van der Waals surface area (Å²) in [5.41, 5.74) is 3.40. The molecule has 0 bridgehead atoms. The Morgan fingerprint density at radius 3 is 2.07 bits per heavy atom. The molecule has 28 heavy (non-hydrogen) atoms. The fourth-order valence-corrected chi connectivity index (χ4v) is 3.40. The predicted molar refractivity (Wildman–Crippen MR) is 109 cm³/mol. The van der Waals surface area contributed by atoms with Gasteiger partial charge < -0.3 is 9.80 Å². The van der Waals surface area contributed by atoms with Crippen LogP contribution in [0, 0.1) is 11.3 Å². The summed E-state index contributed by atoms with van der Waals surface area (Å²) in [4.78, 5) is 21.3. The van der Waals surface area contributed by atoms with E-state index in [9.17, 15) is 4.79 Å². The third-order valence-electron chi connectivity index (χ3n) is 5.02. The Balaban J connectivity index is 1.40. The molecular weight excluding hydrogens is 348 g/mol. The first-order chi connectivity index (χ1) is 13.7. The smallest absolute Gasteiger partial charge is 0.253 e. The molecule has 0 unspecified atom stereocenters. The van der Waals surface area contributed by atoms with Crippen LogP contribution in [0.3, 0.4) is 0 Å². The molecule has 0 saturated carbocycles. The molecule has 138 valence electrons. The van der Waals surface area contributed by atoms with Gasteiger partial charge >= 0.3 is 0 Å². The van der Waals surface area contributed by atoms with Crippen molar-refractivity contribution in [1.29, 1.82) is 5.26 Å². The number of amides is 1. The number of carbonyl (C=O) groups excluding carboxylic acids is 1. The summed E-state index contributed by atoms with van der Waals surface area (Å²) >= 11 is 0. The van der Waals surface area contributed by atoms with E-state index in [1.807, 2.05) is 59.5 Å². The first kappa shape index (κ1) is 17.7. The Bertz CT molecular complexity index is 984. The molecule has 2 heterocycles. The summed E-state index contributed by atoms with van der Waals surface area (Å²) in [5.74, 6) is 1.02. The maximum Gasteiger partial charge on any atom is 0.253 e. The van der Waals surface area contributed by atoms with Crippen LogP contribution in [0.2, 0.25) is 0 Å². The summed E-state index contributed by atoms with van der Waals surface area (Å²) in [7, 11) is 0. The number of benzene rings is 2. The molecule has 1 saturated heterocycles. The average molecular weight is 368 g/mol. The van der Waals surface area contributed by atoms with E-state index in [1.54, 1.807) is 18.3 Å². The number of hydrogen-bond donors (Lipinski definition) is 0. The van der Waals surface area contributed by atoms with Crippen LogP contribution in [0.25, 0.3) is 11.1 Å². The second-order valence-corrected chi connectivity index (χ2v) is 6.73. The molecule has 0 radical (unpaired) electrons. The minimum atomic E-state index is 0.0621. The van der Waals surface area contributed by atoms with Crippen molar-refractivity contribution < 1.29 is 4.79 Å². The largest absolute Gasteiger partial charge is 0.353 e. The van der Waals surface area contributed by atoms with Gasteiger partial charge in [-0.1, -0.05) is 30.3 Å². The summed E-state index contributed by atoms with van der Waals surface area (Å²) in [6, 6.07) is 23.1. The van der Waals surface area contributed by atoms with Gasteiger partial charge in [-0.2, -0.15) is 5.26 Å². The highest BCUT2D eigenvalue weighted by Crippen LogP contribution is 2.21. The molecule has 5 nitrogen and oxygen atoms in total. The highest BCUT2D eigenvalue weighted by molar-refractivity contribution is 5.95. The van der Waals surface area contributed by atoms with E-state index < -0.39 is 0 Å². The van der Waals surface area contributed by atoms with Crippen molar-refractivity contribution in [2.75, 3.05) is 31.1 Å². The Morgan fingerprint density at radius 1 is 0.857 bits per heavy atom. The SMILES string of the molecule is N#Cc1ccc(-c2ccc(C(=O)N3CCN(c4ccccn4)CC3)cc2)cc1. The lowest BCUT2D eigenvalue weighted by Crippen LogP contribution is -2.49. The van der Waals surface area contributed by atoms with E-state index in [0.29, 0.717) is 24.2 Å². The maximum absolute atomic E-state index is 12.8. The van der Waals surface area contributed by atoms with Crippen LogP contribution in [0.4, 0.5) is 5.82 Å². The fraction of sp³-hybridized carbons (Fsp3) is 0.174. The zero-order valence-corrected chi connectivity index (χ0v) is 15.5. The van der Waals surface area contributed by atoms with E-state index in [2.05, 4.69) is 16.0 Å². The van der Waals surface area contributed by atoms with Crippen molar-refractivity contribution in [3.05, 3.63) is 84.1 Å². The first-order valence-corrected chi connectivity index (χ1v) is 9.30. The minimum absolute atomic E-state index is 0.0621. The number of carbonyl (C=O) groups is 1. The van der Waals surface area contributed by atoms with Crippen molar-refractivity contribution in [1.82, 2.24) is 9.88 Å². The minimum Gasteiger partial charge on any atom is -0.353 e. The van der Waals surface area contributed by atoms with Crippen LogP contribution in [-0.4, -0.2) is 42.0 Å². The molecule has 2 aromatic carbocycles. The highest BCUT2D eigenvalue weighted by atomic mass is 16.2. The van der Waals surface area contributed by atoms with Gasteiger partial charge in [0.05, 0.1) is 11.6 Å². The van der Waals surface area contributed by atoms with E-state index in [4.69, 9.17) is 5.26 Å². The fourth-order valence-electron chi connectivity index (χ4n) is 3.40. The molecule has 5 heteroatoms. The van der Waals surface area contributed by atoms with Gasteiger partial charge in [0, 0.05) is 37.9 Å². The summed E-state index contributed by atoms with van der Waals surface area (Å²) < 4.78 is 0. The van der Waals surface area contributed by atoms with Crippen LogP contribution in [0.15, 0.2) is 72.9 Å². The molecule has 1 aliphatic heterocycles. The van der Waals surface area contributed by atoms with Gasteiger partial charge in [-0.05, 0) is 47.5 Å². The zero-order chi connectivity index (χ0) is 19.3. The lowest BCUT2D eigenvalue weighted by molar-refractivity contribution is 0.0746. The van der Waals surface area contributed by atoms with Crippen molar-refractivity contribution in [3.63, 3.8) is 0 Å². The lowest BCUT2D eigenvalue weighted by Gasteiger charge is -2.35. The second-order valence-electron chi connectivity index (χ2n) is 6.73. The molecule has 0 aliphatic carbocycles. The Morgan fingerprint density at radius 2 is 1.50 bits per heavy atom. The number of piperazine rings is 1. The molecule has 4 rings (SSSR count). The number of rotatable bonds is 3. The van der Waals surface area contributed by atoms with Crippen LogP contribution in [-0.2, 0) is 0 Å². The molecule has 0 N–H and O–H groups in total. The Kier molecular flexibility index (Phi) is 5.03. The lowest BCUT2D eigenvalue weighted by atomic mass is 10.0. The molecule has 0 atom stereocenters. The number of anilines is 1. The third-order valence-corrected chi connectivity index (χ3v) is 5.02. The highest BCUT2D eigenvalue weighted by Gasteiger charge is 2.22. The van der Waals surface area contributed by atoms with Crippen LogP contribution >= 0.6 is 0 Å². The van der Waals surface area contributed by atoms with Gasteiger partial charge in [0.1, 0.15) is 5.82 Å². The number of nitrogens with zero attached hydrogens (tertiary/aromatic N) is 4. The molecule has 1 aliphatic rings. The van der Waals surface area contributed by atoms with Crippen molar-refractivity contribution >= 4 is 11.7 Å². The summed E-state index contributed by atoms with van der Waals surface area (Å²) in [5, 5.41) is 8.90. The van der Waals surface area contributed by atoms with Gasteiger partial charge in [0.2, 0.25) is 0 Å². The van der Waals surface area contributed by atoms with Crippen LogP contribution in [0.1, 0.15) is 15.9 Å². The topological polar surface area (TPSA) is 60.2 Å². The van der Waals surface area contributed by atoms with Gasteiger partial charge in [0.15, 0.2) is 0 Å². The summed E-state index contributed by atoms with van der Waals surface area (Å²) in [6.07, 6.45) is 1.79. The quantitative estimate of drug-likeness (QED) is 0.709. The average Bonchev–Trinajstić information content (AvgIpc) is 2.79. The number of aromatic nitrogens is 1. The molecular formula is C23H20N4O. The second kappa shape index (κ2) is 7.93. The third kappa shape index (κ3) is 3.72. The summed E-state index contributed by atoms with van der Waals surface area (Å²) in [6.45, 7) is 2.94. The number of hydrogen-bond acceptors (Lipinski definition) is 4. The van der Waals surface area contributed by atoms with Crippen LogP contribution in [0.5, 0.6) is 0 Å². The van der Waals surface area contributed by atoms with Crippen molar-refractivity contribution in [3.8, 4) is 17.2 Å². The van der Waals surface area contributed by atoms with Crippen LogP contribution < -0.4 is 4.90 Å². The Hall–Kier alpha value is -3.65. The monoisotopic (exact) mass is 368 g/mol. The maximum atomic E-state index is 12.8. The standard InChI is InChI=1S/C23H20N4O/c24-17-18-4-6-19(7-5-18)20-8-10-21(11-9-20)23(28)27-15-13-26(14-16-27)22-3-1-2-12-25-22/h1-12H,13-16H2. The van der Waals surface area contributed by atoms with E-state index in [1.165, 1.54) is 0 Å². The van der Waals surface area contributed by atoms with Gasteiger partial charge in [0.25, 0.3) is 5.91 Å². The van der Waals surface area contributed by atoms with Crippen molar-refractivity contribution in [2.24, 2.45) is 0 Å². The molecule has 0 spiro atoms. The Labute approximate surface area is 164 Å². The van der Waals surface area contributed by atoms with Gasteiger partial charge in [-0.3, -0.25) is 4.79 Å². The first-order valence-electron chi connectivity index (χ1n) is 9.30. The predicted octanol–water partition coefficient (Wildman–Crippen LogP) is 3.58. The van der Waals surface area contributed by atoms with Crippen molar-refractivity contribution in [2.45, 2.75) is 0 Å². The molecule has 3 aromatic rings. The van der Waals surface area contributed by atoms with Gasteiger partial charge in [-0.25, -0.2) is 4.98 Å². The van der Waals surface area contributed by atoms with E-state index in [-0.39, 0.29) is 5.91 Å². The molecule has 1 fully saturated rings. The normalized spacial score (nSPS) is 13.8. The van der Waals surface area contributed by atoms with E-state index >= 15 is 0 Å². The molecule has 1 aromatic heterocycles. The molecule has 1 amide bonds. The van der Waals surface area contributed by atoms with Gasteiger partial charge in [-0.15, -0.1) is 0 Å². The van der Waals surface area contributed by atoms with E-state index in [0.717, 1.165) is 30.0 Å². The zero-order valence-electron chi connectivity index (χ0n) is 15.5. The number of nitriles is 1.